The van der Waals surface area contributed by atoms with Crippen molar-refractivity contribution in [1.82, 2.24) is 4.90 Å². The molecule has 0 spiro atoms. The smallest absolute Gasteiger partial charge is 0.149 e. The van der Waals surface area contributed by atoms with Gasteiger partial charge in [-0.1, -0.05) is 19.8 Å². The number of Topliss-reactive ketones (excluding diaryl/α,β-unsaturated/α-hetero) is 1. The molecule has 0 saturated heterocycles. The van der Waals surface area contributed by atoms with Gasteiger partial charge in [0.25, 0.3) is 0 Å². The largest absolute Gasteiger partial charge is 0.299 e. The Morgan fingerprint density at radius 1 is 1.38 bits per heavy atom. The zero-order valence-corrected chi connectivity index (χ0v) is 8.88. The van der Waals surface area contributed by atoms with Crippen LogP contribution in [0, 0.1) is 5.92 Å². The second-order valence-corrected chi connectivity index (χ2v) is 4.19. The maximum absolute atomic E-state index is 11.7. The van der Waals surface area contributed by atoms with Crippen LogP contribution < -0.4 is 0 Å². The lowest BCUT2D eigenvalue weighted by atomic mass is 10.0. The summed E-state index contributed by atoms with van der Waals surface area (Å²) in [5.74, 6) is 0.854. The van der Waals surface area contributed by atoms with Gasteiger partial charge >= 0.3 is 0 Å². The SMILES string of the molecule is CCCN(C)CC(=O)C1CCCC1. The van der Waals surface area contributed by atoms with E-state index in [1.54, 1.807) is 0 Å². The second kappa shape index (κ2) is 5.38. The average Bonchev–Trinajstić information content (AvgIpc) is 2.55. The summed E-state index contributed by atoms with van der Waals surface area (Å²) in [6.45, 7) is 3.85. The molecule has 1 fully saturated rings. The number of hydrogen-bond acceptors (Lipinski definition) is 2. The summed E-state index contributed by atoms with van der Waals surface area (Å²) < 4.78 is 0. The maximum atomic E-state index is 11.7. The number of carbonyl (C=O) groups excluding carboxylic acids is 1. The summed E-state index contributed by atoms with van der Waals surface area (Å²) in [5, 5.41) is 0. The Kier molecular flexibility index (Phi) is 4.43. The van der Waals surface area contributed by atoms with Crippen molar-refractivity contribution in [3.8, 4) is 0 Å². The normalized spacial score (nSPS) is 18.4. The molecule has 2 nitrogen and oxygen atoms in total. The summed E-state index contributed by atoms with van der Waals surface area (Å²) in [5.41, 5.74) is 0. The number of hydrogen-bond donors (Lipinski definition) is 0. The molecule has 1 rings (SSSR count). The molecule has 0 unspecified atom stereocenters. The number of rotatable bonds is 5. The van der Waals surface area contributed by atoms with E-state index in [0.29, 0.717) is 18.2 Å². The molecule has 76 valence electrons. The van der Waals surface area contributed by atoms with Gasteiger partial charge in [0, 0.05) is 5.92 Å². The minimum Gasteiger partial charge on any atom is -0.299 e. The Labute approximate surface area is 81.3 Å². The van der Waals surface area contributed by atoms with Gasteiger partial charge in [-0.3, -0.25) is 9.69 Å². The molecule has 0 bridgehead atoms. The van der Waals surface area contributed by atoms with Crippen LogP contribution in [0.1, 0.15) is 39.0 Å². The molecule has 0 aromatic carbocycles. The van der Waals surface area contributed by atoms with Gasteiger partial charge < -0.3 is 0 Å². The van der Waals surface area contributed by atoms with Crippen LogP contribution in [0.3, 0.4) is 0 Å². The molecule has 1 saturated carbocycles. The molecule has 0 radical (unpaired) electrons. The summed E-state index contributed by atoms with van der Waals surface area (Å²) in [6.07, 6.45) is 5.92. The van der Waals surface area contributed by atoms with Crippen LogP contribution in [0.25, 0.3) is 0 Å². The van der Waals surface area contributed by atoms with Gasteiger partial charge in [0.15, 0.2) is 0 Å². The van der Waals surface area contributed by atoms with E-state index in [-0.39, 0.29) is 0 Å². The Bertz CT molecular complexity index is 161. The highest BCUT2D eigenvalue weighted by atomic mass is 16.1. The first-order valence-corrected chi connectivity index (χ1v) is 5.45. The summed E-state index contributed by atoms with van der Waals surface area (Å²) >= 11 is 0. The van der Waals surface area contributed by atoms with Crippen molar-refractivity contribution < 1.29 is 4.79 Å². The van der Waals surface area contributed by atoms with Crippen molar-refractivity contribution >= 4 is 5.78 Å². The Hall–Kier alpha value is -0.370. The minimum absolute atomic E-state index is 0.388. The van der Waals surface area contributed by atoms with E-state index in [1.165, 1.54) is 12.8 Å². The highest BCUT2D eigenvalue weighted by molar-refractivity contribution is 5.83. The standard InChI is InChI=1S/C11H21NO/c1-3-8-12(2)9-11(13)10-6-4-5-7-10/h10H,3-9H2,1-2H3. The topological polar surface area (TPSA) is 20.3 Å². The van der Waals surface area contributed by atoms with Gasteiger partial charge in [-0.25, -0.2) is 0 Å². The van der Waals surface area contributed by atoms with Crippen molar-refractivity contribution in [3.63, 3.8) is 0 Å². The van der Waals surface area contributed by atoms with Crippen LogP contribution in [-0.4, -0.2) is 30.8 Å². The van der Waals surface area contributed by atoms with Gasteiger partial charge in [0.2, 0.25) is 0 Å². The van der Waals surface area contributed by atoms with Crippen molar-refractivity contribution in [2.24, 2.45) is 5.92 Å². The van der Waals surface area contributed by atoms with Crippen LogP contribution in [0.15, 0.2) is 0 Å². The molecule has 0 aromatic heterocycles. The lowest BCUT2D eigenvalue weighted by Gasteiger charge is -2.16. The van der Waals surface area contributed by atoms with Crippen molar-refractivity contribution in [1.29, 1.82) is 0 Å². The van der Waals surface area contributed by atoms with Crippen LogP contribution in [0.2, 0.25) is 0 Å². The van der Waals surface area contributed by atoms with Crippen LogP contribution in [-0.2, 0) is 4.79 Å². The van der Waals surface area contributed by atoms with Gasteiger partial charge in [0.1, 0.15) is 5.78 Å². The zero-order chi connectivity index (χ0) is 9.68. The molecule has 2 heteroatoms. The molecule has 0 aliphatic heterocycles. The van der Waals surface area contributed by atoms with Gasteiger partial charge in [0.05, 0.1) is 6.54 Å². The highest BCUT2D eigenvalue weighted by Gasteiger charge is 2.22. The maximum Gasteiger partial charge on any atom is 0.149 e. The zero-order valence-electron chi connectivity index (χ0n) is 8.88. The predicted octanol–water partition coefficient (Wildman–Crippen LogP) is 2.09. The third kappa shape index (κ3) is 3.47. The molecule has 0 N–H and O–H groups in total. The van der Waals surface area contributed by atoms with Crippen LogP contribution >= 0.6 is 0 Å². The van der Waals surface area contributed by atoms with E-state index in [2.05, 4.69) is 11.8 Å². The molecule has 1 aliphatic carbocycles. The summed E-state index contributed by atoms with van der Waals surface area (Å²) in [6, 6.07) is 0. The van der Waals surface area contributed by atoms with E-state index < -0.39 is 0 Å². The Balaban J connectivity index is 2.23. The van der Waals surface area contributed by atoms with Crippen LogP contribution in [0.4, 0.5) is 0 Å². The third-order valence-electron chi connectivity index (χ3n) is 2.84. The number of nitrogens with zero attached hydrogens (tertiary/aromatic N) is 1. The van der Waals surface area contributed by atoms with Gasteiger partial charge in [-0.15, -0.1) is 0 Å². The molecule has 13 heavy (non-hydrogen) atoms. The first-order valence-electron chi connectivity index (χ1n) is 5.45. The van der Waals surface area contributed by atoms with E-state index in [1.807, 2.05) is 7.05 Å². The number of ketones is 1. The average molecular weight is 183 g/mol. The van der Waals surface area contributed by atoms with Gasteiger partial charge in [-0.2, -0.15) is 0 Å². The lowest BCUT2D eigenvalue weighted by Crippen LogP contribution is -2.30. The molecule has 0 heterocycles. The van der Waals surface area contributed by atoms with Crippen molar-refractivity contribution in [3.05, 3.63) is 0 Å². The number of carbonyl (C=O) groups is 1. The monoisotopic (exact) mass is 183 g/mol. The van der Waals surface area contributed by atoms with Gasteiger partial charge in [-0.05, 0) is 32.9 Å². The van der Waals surface area contributed by atoms with E-state index in [0.717, 1.165) is 25.8 Å². The second-order valence-electron chi connectivity index (χ2n) is 4.19. The molecular formula is C11H21NO. The van der Waals surface area contributed by atoms with E-state index in [4.69, 9.17) is 0 Å². The number of likely N-dealkylation sites (N-methyl/N-ethyl adjacent to an activating group) is 1. The molecular weight excluding hydrogens is 162 g/mol. The fourth-order valence-electron chi connectivity index (χ4n) is 2.10. The first-order chi connectivity index (χ1) is 6.24. The van der Waals surface area contributed by atoms with E-state index >= 15 is 0 Å². The first kappa shape index (κ1) is 10.7. The van der Waals surface area contributed by atoms with Crippen molar-refractivity contribution in [2.45, 2.75) is 39.0 Å². The van der Waals surface area contributed by atoms with E-state index in [9.17, 15) is 4.79 Å². The highest BCUT2D eigenvalue weighted by Crippen LogP contribution is 2.25. The fourth-order valence-corrected chi connectivity index (χ4v) is 2.10. The summed E-state index contributed by atoms with van der Waals surface area (Å²) in [4.78, 5) is 13.8. The molecule has 1 aliphatic rings. The molecule has 0 atom stereocenters. The fraction of sp³-hybridized carbons (Fsp3) is 0.909. The molecule has 0 amide bonds. The van der Waals surface area contributed by atoms with Crippen molar-refractivity contribution in [2.75, 3.05) is 20.1 Å². The minimum atomic E-state index is 0.388. The summed E-state index contributed by atoms with van der Waals surface area (Å²) in [7, 11) is 2.04. The molecule has 0 aromatic rings. The Morgan fingerprint density at radius 2 is 2.00 bits per heavy atom. The van der Waals surface area contributed by atoms with Crippen LogP contribution in [0.5, 0.6) is 0 Å². The quantitative estimate of drug-likeness (QED) is 0.650. The third-order valence-corrected chi connectivity index (χ3v) is 2.84. The Morgan fingerprint density at radius 3 is 2.54 bits per heavy atom. The lowest BCUT2D eigenvalue weighted by molar-refractivity contribution is -0.123. The predicted molar refractivity (Wildman–Crippen MR) is 54.8 cm³/mol.